The number of hydrogen-bond donors (Lipinski definition) is 0. The molecule has 6 heteroatoms. The van der Waals surface area contributed by atoms with Crippen LogP contribution in [0.1, 0.15) is 47.5 Å². The zero-order chi connectivity index (χ0) is 19.2. The van der Waals surface area contributed by atoms with Gasteiger partial charge in [-0.25, -0.2) is 0 Å². The Balaban J connectivity index is 1.60. The predicted octanol–water partition coefficient (Wildman–Crippen LogP) is 2.73. The van der Waals surface area contributed by atoms with Crippen molar-refractivity contribution in [1.82, 2.24) is 19.9 Å². The quantitative estimate of drug-likeness (QED) is 0.687. The lowest BCUT2D eigenvalue weighted by atomic mass is 9.93. The molecule has 0 spiro atoms. The topological polar surface area (TPSA) is 52.8 Å². The van der Waals surface area contributed by atoms with Gasteiger partial charge >= 0.3 is 0 Å². The highest BCUT2D eigenvalue weighted by atomic mass is 16.5. The van der Waals surface area contributed by atoms with Crippen molar-refractivity contribution in [2.75, 3.05) is 52.9 Å². The fourth-order valence-corrected chi connectivity index (χ4v) is 4.11. The first-order chi connectivity index (χ1) is 13.0. The molecule has 0 radical (unpaired) electrons. The maximum atomic E-state index is 13.2. The van der Waals surface area contributed by atoms with Gasteiger partial charge in [0.05, 0.1) is 5.69 Å². The Kier molecular flexibility index (Phi) is 7.07. The Morgan fingerprint density at radius 2 is 2.04 bits per heavy atom. The van der Waals surface area contributed by atoms with Gasteiger partial charge in [0.2, 0.25) is 0 Å². The van der Waals surface area contributed by atoms with Crippen LogP contribution in [0, 0.1) is 19.8 Å². The summed E-state index contributed by atoms with van der Waals surface area (Å²) < 4.78 is 5.24. The third-order valence-electron chi connectivity index (χ3n) is 5.89. The number of nitrogens with zero attached hydrogens (tertiary/aromatic N) is 4. The average molecular weight is 375 g/mol. The number of amides is 1. The summed E-state index contributed by atoms with van der Waals surface area (Å²) in [4.78, 5) is 20.2. The largest absolute Gasteiger partial charge is 0.361 e. The second kappa shape index (κ2) is 9.51. The van der Waals surface area contributed by atoms with Crippen molar-refractivity contribution in [3.05, 3.63) is 29.2 Å². The van der Waals surface area contributed by atoms with Gasteiger partial charge in [-0.3, -0.25) is 4.79 Å². The number of allylic oxidation sites excluding steroid dienone is 2. The third kappa shape index (κ3) is 5.42. The highest BCUT2D eigenvalue weighted by Gasteiger charge is 2.26. The second-order valence-corrected chi connectivity index (χ2v) is 8.10. The van der Waals surface area contributed by atoms with Crippen molar-refractivity contribution < 1.29 is 9.32 Å². The molecule has 1 aromatic heterocycles. The number of aromatic nitrogens is 1. The number of aryl methyl sites for hydroxylation is 2. The van der Waals surface area contributed by atoms with Crippen LogP contribution in [0.3, 0.4) is 0 Å². The van der Waals surface area contributed by atoms with Gasteiger partial charge in [0.15, 0.2) is 0 Å². The lowest BCUT2D eigenvalue weighted by molar-refractivity contribution is 0.0707. The van der Waals surface area contributed by atoms with Crippen LogP contribution in [0.2, 0.25) is 0 Å². The summed E-state index contributed by atoms with van der Waals surface area (Å²) in [6.45, 7) is 10.9. The molecule has 0 unspecified atom stereocenters. The molecule has 1 saturated heterocycles. The van der Waals surface area contributed by atoms with E-state index in [0.717, 1.165) is 65.1 Å². The minimum absolute atomic E-state index is 0.0826. The van der Waals surface area contributed by atoms with Gasteiger partial charge in [-0.2, -0.15) is 0 Å². The van der Waals surface area contributed by atoms with Crippen molar-refractivity contribution in [3.8, 4) is 0 Å². The van der Waals surface area contributed by atoms with Crippen LogP contribution in [0.4, 0.5) is 0 Å². The predicted molar refractivity (Wildman–Crippen MR) is 107 cm³/mol. The van der Waals surface area contributed by atoms with Crippen LogP contribution < -0.4 is 0 Å². The van der Waals surface area contributed by atoms with Gasteiger partial charge in [0.1, 0.15) is 11.3 Å². The highest BCUT2D eigenvalue weighted by Crippen LogP contribution is 2.22. The molecule has 1 atom stereocenters. The Morgan fingerprint density at radius 1 is 1.26 bits per heavy atom. The molecular weight excluding hydrogens is 340 g/mol. The molecule has 0 N–H and O–H groups in total. The molecular formula is C21H34N4O2. The molecule has 1 aliphatic carbocycles. The number of carbonyl (C=O) groups is 1. The Hall–Kier alpha value is -1.66. The molecule has 2 heterocycles. The summed E-state index contributed by atoms with van der Waals surface area (Å²) in [5.74, 6) is 1.27. The van der Waals surface area contributed by atoms with Crippen molar-refractivity contribution in [3.63, 3.8) is 0 Å². The molecule has 0 bridgehead atoms. The van der Waals surface area contributed by atoms with Crippen LogP contribution in [-0.4, -0.2) is 78.6 Å². The van der Waals surface area contributed by atoms with Gasteiger partial charge in [0, 0.05) is 39.3 Å². The first-order valence-electron chi connectivity index (χ1n) is 10.3. The van der Waals surface area contributed by atoms with E-state index < -0.39 is 0 Å². The molecule has 2 aliphatic rings. The van der Waals surface area contributed by atoms with E-state index in [9.17, 15) is 4.79 Å². The van der Waals surface area contributed by atoms with Crippen LogP contribution >= 0.6 is 0 Å². The SMILES string of the molecule is Cc1noc(C)c1C(=O)N(CCCN1CCN(C)CC1)C[C@H]1CC=CCC1. The minimum atomic E-state index is 0.0826. The van der Waals surface area contributed by atoms with Gasteiger partial charge in [-0.1, -0.05) is 17.3 Å². The summed E-state index contributed by atoms with van der Waals surface area (Å²) in [6, 6.07) is 0. The summed E-state index contributed by atoms with van der Waals surface area (Å²) >= 11 is 0. The summed E-state index contributed by atoms with van der Waals surface area (Å²) in [5, 5.41) is 3.98. The van der Waals surface area contributed by atoms with E-state index in [4.69, 9.17) is 4.52 Å². The smallest absolute Gasteiger partial charge is 0.259 e. The van der Waals surface area contributed by atoms with Crippen LogP contribution in [-0.2, 0) is 0 Å². The zero-order valence-corrected chi connectivity index (χ0v) is 17.1. The van der Waals surface area contributed by atoms with E-state index in [2.05, 4.69) is 34.2 Å². The van der Waals surface area contributed by atoms with Crippen molar-refractivity contribution >= 4 is 5.91 Å². The van der Waals surface area contributed by atoms with Crippen molar-refractivity contribution in [2.24, 2.45) is 5.92 Å². The molecule has 150 valence electrons. The third-order valence-corrected chi connectivity index (χ3v) is 5.89. The number of piperazine rings is 1. The van der Waals surface area contributed by atoms with Gasteiger partial charge in [-0.15, -0.1) is 0 Å². The Bertz CT molecular complexity index is 627. The molecule has 6 nitrogen and oxygen atoms in total. The molecule has 1 amide bonds. The molecule has 0 saturated carbocycles. The van der Waals surface area contributed by atoms with Gasteiger partial charge < -0.3 is 19.2 Å². The molecule has 1 fully saturated rings. The molecule has 27 heavy (non-hydrogen) atoms. The normalized spacial score (nSPS) is 21.5. The maximum Gasteiger partial charge on any atom is 0.259 e. The monoisotopic (exact) mass is 374 g/mol. The summed E-state index contributed by atoms with van der Waals surface area (Å²) in [6.07, 6.45) is 8.90. The number of hydrogen-bond acceptors (Lipinski definition) is 5. The number of rotatable bonds is 7. The van der Waals surface area contributed by atoms with E-state index >= 15 is 0 Å². The van der Waals surface area contributed by atoms with Gasteiger partial charge in [-0.05, 0) is 59.0 Å². The zero-order valence-electron chi connectivity index (χ0n) is 17.1. The van der Waals surface area contributed by atoms with Crippen molar-refractivity contribution in [2.45, 2.75) is 39.5 Å². The fourth-order valence-electron chi connectivity index (χ4n) is 4.11. The number of carbonyl (C=O) groups excluding carboxylic acids is 1. The molecule has 1 aliphatic heterocycles. The van der Waals surface area contributed by atoms with E-state index in [1.807, 2.05) is 18.7 Å². The van der Waals surface area contributed by atoms with E-state index in [1.54, 1.807) is 0 Å². The maximum absolute atomic E-state index is 13.2. The number of likely N-dealkylation sites (N-methyl/N-ethyl adjacent to an activating group) is 1. The minimum Gasteiger partial charge on any atom is -0.361 e. The van der Waals surface area contributed by atoms with Crippen LogP contribution in [0.15, 0.2) is 16.7 Å². The average Bonchev–Trinajstić information content (AvgIpc) is 3.01. The highest BCUT2D eigenvalue weighted by molar-refractivity contribution is 5.96. The first-order valence-corrected chi connectivity index (χ1v) is 10.3. The van der Waals surface area contributed by atoms with Gasteiger partial charge in [0.25, 0.3) is 5.91 Å². The van der Waals surface area contributed by atoms with E-state index in [0.29, 0.717) is 22.9 Å². The lowest BCUT2D eigenvalue weighted by Gasteiger charge is -2.33. The van der Waals surface area contributed by atoms with E-state index in [-0.39, 0.29) is 5.91 Å². The van der Waals surface area contributed by atoms with Crippen LogP contribution in [0.5, 0.6) is 0 Å². The van der Waals surface area contributed by atoms with E-state index in [1.165, 1.54) is 6.42 Å². The van der Waals surface area contributed by atoms with Crippen molar-refractivity contribution in [1.29, 1.82) is 0 Å². The summed E-state index contributed by atoms with van der Waals surface area (Å²) in [5.41, 5.74) is 1.35. The summed E-state index contributed by atoms with van der Waals surface area (Å²) in [7, 11) is 2.18. The fraction of sp³-hybridized carbons (Fsp3) is 0.714. The second-order valence-electron chi connectivity index (χ2n) is 8.10. The Labute approximate surface area is 163 Å². The standard InChI is InChI=1S/C21H34N4O2/c1-17-20(18(2)27-22-17)21(26)25(16-19-8-5-4-6-9-19)11-7-10-24-14-12-23(3)13-15-24/h4-5,19H,6-16H2,1-3H3/t19-/m0/s1. The lowest BCUT2D eigenvalue weighted by Crippen LogP contribution is -2.45. The molecule has 3 rings (SSSR count). The Morgan fingerprint density at radius 3 is 2.67 bits per heavy atom. The first kappa shape index (κ1) is 20.1. The molecule has 1 aromatic rings. The van der Waals surface area contributed by atoms with Crippen LogP contribution in [0.25, 0.3) is 0 Å². The molecule has 0 aromatic carbocycles.